The number of aliphatic imine (C=N–C) groups is 1. The highest BCUT2D eigenvalue weighted by atomic mass is 127. The number of carbonyl (C=O) groups is 1. The summed E-state index contributed by atoms with van der Waals surface area (Å²) in [5.41, 5.74) is 3.44. The van der Waals surface area contributed by atoms with Gasteiger partial charge < -0.3 is 15.1 Å². The molecular formula is C23H30ClIN4O. The second kappa shape index (κ2) is 12.2. The quantitative estimate of drug-likeness (QED) is 0.315. The van der Waals surface area contributed by atoms with Gasteiger partial charge in [-0.1, -0.05) is 48.0 Å². The van der Waals surface area contributed by atoms with Crippen LogP contribution in [-0.2, 0) is 24.4 Å². The Hall–Kier alpha value is -1.80. The van der Waals surface area contributed by atoms with E-state index in [9.17, 15) is 4.79 Å². The van der Waals surface area contributed by atoms with Gasteiger partial charge in [-0.15, -0.1) is 24.0 Å². The zero-order valence-electron chi connectivity index (χ0n) is 17.6. The highest BCUT2D eigenvalue weighted by Crippen LogP contribution is 2.16. The second-order valence-electron chi connectivity index (χ2n) is 7.39. The molecule has 1 amide bonds. The summed E-state index contributed by atoms with van der Waals surface area (Å²) in [5.74, 6) is 1.11. The van der Waals surface area contributed by atoms with Gasteiger partial charge >= 0.3 is 0 Å². The van der Waals surface area contributed by atoms with Crippen LogP contribution >= 0.6 is 35.6 Å². The Morgan fingerprint density at radius 3 is 2.60 bits per heavy atom. The number of amides is 1. The van der Waals surface area contributed by atoms with Crippen molar-refractivity contribution in [1.29, 1.82) is 0 Å². The molecule has 3 rings (SSSR count). The van der Waals surface area contributed by atoms with Crippen molar-refractivity contribution >= 4 is 47.4 Å². The number of guanidine groups is 1. The topological polar surface area (TPSA) is 47.9 Å². The molecular weight excluding hydrogens is 511 g/mol. The van der Waals surface area contributed by atoms with Gasteiger partial charge in [-0.3, -0.25) is 4.79 Å². The molecule has 1 saturated heterocycles. The molecule has 1 heterocycles. The van der Waals surface area contributed by atoms with Crippen LogP contribution in [0.3, 0.4) is 0 Å². The number of nitrogens with zero attached hydrogens (tertiary/aromatic N) is 3. The van der Waals surface area contributed by atoms with Crippen LogP contribution in [-0.4, -0.2) is 41.8 Å². The van der Waals surface area contributed by atoms with Crippen LogP contribution in [0, 0.1) is 0 Å². The zero-order chi connectivity index (χ0) is 20.6. The van der Waals surface area contributed by atoms with Crippen molar-refractivity contribution < 1.29 is 4.79 Å². The minimum atomic E-state index is 0. The lowest BCUT2D eigenvalue weighted by Gasteiger charge is -2.22. The van der Waals surface area contributed by atoms with Crippen LogP contribution in [0.15, 0.2) is 53.5 Å². The first-order valence-corrected chi connectivity index (χ1v) is 10.5. The Morgan fingerprint density at radius 1 is 1.17 bits per heavy atom. The smallest absolute Gasteiger partial charge is 0.222 e. The Bertz CT molecular complexity index is 874. The molecule has 0 spiro atoms. The molecule has 0 radical (unpaired) electrons. The van der Waals surface area contributed by atoms with Gasteiger partial charge in [0.25, 0.3) is 0 Å². The average molecular weight is 541 g/mol. The van der Waals surface area contributed by atoms with Crippen LogP contribution in [0.2, 0.25) is 5.02 Å². The molecule has 0 atom stereocenters. The molecule has 0 aromatic heterocycles. The minimum Gasteiger partial charge on any atom is -0.357 e. The maximum atomic E-state index is 11.9. The molecule has 2 aromatic carbocycles. The molecule has 7 heteroatoms. The van der Waals surface area contributed by atoms with E-state index in [4.69, 9.17) is 16.6 Å². The normalized spacial score (nSPS) is 13.9. The van der Waals surface area contributed by atoms with Gasteiger partial charge in [0.1, 0.15) is 0 Å². The number of carbonyl (C=O) groups excluding carboxylic acids is 1. The predicted molar refractivity (Wildman–Crippen MR) is 134 cm³/mol. The Labute approximate surface area is 201 Å². The van der Waals surface area contributed by atoms with E-state index >= 15 is 0 Å². The van der Waals surface area contributed by atoms with Gasteiger partial charge in [0, 0.05) is 44.7 Å². The number of nitrogens with one attached hydrogen (secondary N) is 1. The van der Waals surface area contributed by atoms with E-state index in [1.165, 1.54) is 0 Å². The molecule has 1 N–H and O–H groups in total. The molecule has 0 aliphatic carbocycles. The third-order valence-corrected chi connectivity index (χ3v) is 5.19. The van der Waals surface area contributed by atoms with Crippen LogP contribution in [0.1, 0.15) is 36.5 Å². The molecule has 30 heavy (non-hydrogen) atoms. The molecule has 1 aliphatic rings. The van der Waals surface area contributed by atoms with Gasteiger partial charge in [0.2, 0.25) is 5.91 Å². The Morgan fingerprint density at radius 2 is 1.90 bits per heavy atom. The summed E-state index contributed by atoms with van der Waals surface area (Å²) in [5, 5.41) is 4.10. The van der Waals surface area contributed by atoms with Gasteiger partial charge in [-0.2, -0.15) is 0 Å². The van der Waals surface area contributed by atoms with Gasteiger partial charge in [0.05, 0.1) is 6.54 Å². The fourth-order valence-corrected chi connectivity index (χ4v) is 3.75. The van der Waals surface area contributed by atoms with Crippen LogP contribution in [0.25, 0.3) is 0 Å². The minimum absolute atomic E-state index is 0. The summed E-state index contributed by atoms with van der Waals surface area (Å²) in [7, 11) is 2.03. The standard InChI is InChI=1S/C23H29ClN4O.HI/c1-3-25-23(27(2)16-20-9-5-10-21(24)14-20)26-15-18-7-4-8-19(13-18)17-28-12-6-11-22(28)29;/h4-5,7-10,13-14H,3,6,11-12,15-17H2,1-2H3,(H,25,26);1H. The molecule has 162 valence electrons. The molecule has 1 fully saturated rings. The third kappa shape index (κ3) is 7.16. The Balaban J connectivity index is 0.00000320. The summed E-state index contributed by atoms with van der Waals surface area (Å²) in [4.78, 5) is 20.7. The lowest BCUT2D eigenvalue weighted by Crippen LogP contribution is -2.38. The zero-order valence-corrected chi connectivity index (χ0v) is 20.7. The second-order valence-corrected chi connectivity index (χ2v) is 7.83. The van der Waals surface area contributed by atoms with Crippen molar-refractivity contribution in [1.82, 2.24) is 15.1 Å². The summed E-state index contributed by atoms with van der Waals surface area (Å²) < 4.78 is 0. The van der Waals surface area contributed by atoms with Crippen LogP contribution in [0.4, 0.5) is 0 Å². The Kier molecular flexibility index (Phi) is 9.91. The van der Waals surface area contributed by atoms with Crippen molar-refractivity contribution in [2.24, 2.45) is 4.99 Å². The maximum Gasteiger partial charge on any atom is 0.222 e. The molecule has 0 saturated carbocycles. The largest absolute Gasteiger partial charge is 0.357 e. The van der Waals surface area contributed by atoms with Gasteiger partial charge in [-0.05, 0) is 42.2 Å². The number of benzene rings is 2. The molecule has 5 nitrogen and oxygen atoms in total. The van der Waals surface area contributed by atoms with E-state index in [1.807, 2.05) is 36.2 Å². The van der Waals surface area contributed by atoms with E-state index in [0.29, 0.717) is 19.5 Å². The van der Waals surface area contributed by atoms with Crippen molar-refractivity contribution in [3.8, 4) is 0 Å². The van der Waals surface area contributed by atoms with E-state index in [1.54, 1.807) is 0 Å². The number of halogens is 2. The van der Waals surface area contributed by atoms with Crippen LogP contribution < -0.4 is 5.32 Å². The van der Waals surface area contributed by atoms with E-state index in [0.717, 1.165) is 53.7 Å². The van der Waals surface area contributed by atoms with Crippen molar-refractivity contribution in [2.75, 3.05) is 20.1 Å². The first-order valence-electron chi connectivity index (χ1n) is 10.1. The van der Waals surface area contributed by atoms with Crippen molar-refractivity contribution in [2.45, 2.75) is 39.4 Å². The fraction of sp³-hybridized carbons (Fsp3) is 0.391. The number of rotatable bonds is 7. The van der Waals surface area contributed by atoms with Crippen molar-refractivity contribution in [3.63, 3.8) is 0 Å². The first-order chi connectivity index (χ1) is 14.0. The van der Waals surface area contributed by atoms with E-state index < -0.39 is 0 Å². The van der Waals surface area contributed by atoms with Crippen LogP contribution in [0.5, 0.6) is 0 Å². The molecule has 2 aromatic rings. The van der Waals surface area contributed by atoms with Gasteiger partial charge in [-0.25, -0.2) is 4.99 Å². The SMILES string of the molecule is CCNC(=NCc1cccc(CN2CCCC2=O)c1)N(C)Cc1cccc(Cl)c1.I. The lowest BCUT2D eigenvalue weighted by atomic mass is 10.1. The average Bonchev–Trinajstić information content (AvgIpc) is 3.10. The first kappa shape index (κ1) is 24.5. The summed E-state index contributed by atoms with van der Waals surface area (Å²) in [6.45, 7) is 5.73. The van der Waals surface area contributed by atoms with E-state index in [-0.39, 0.29) is 29.9 Å². The van der Waals surface area contributed by atoms with Crippen molar-refractivity contribution in [3.05, 3.63) is 70.2 Å². The lowest BCUT2D eigenvalue weighted by molar-refractivity contribution is -0.128. The number of likely N-dealkylation sites (tertiary alicyclic amines) is 1. The summed E-state index contributed by atoms with van der Waals surface area (Å²) >= 11 is 6.11. The monoisotopic (exact) mass is 540 g/mol. The fourth-order valence-electron chi connectivity index (χ4n) is 3.54. The third-order valence-electron chi connectivity index (χ3n) is 4.95. The molecule has 0 unspecified atom stereocenters. The highest BCUT2D eigenvalue weighted by molar-refractivity contribution is 14.0. The molecule has 1 aliphatic heterocycles. The van der Waals surface area contributed by atoms with E-state index in [2.05, 4.69) is 41.4 Å². The number of hydrogen-bond acceptors (Lipinski definition) is 2. The van der Waals surface area contributed by atoms with Gasteiger partial charge in [0.15, 0.2) is 5.96 Å². The molecule has 0 bridgehead atoms. The summed E-state index contributed by atoms with van der Waals surface area (Å²) in [6.07, 6.45) is 1.64. The highest BCUT2D eigenvalue weighted by Gasteiger charge is 2.19. The number of hydrogen-bond donors (Lipinski definition) is 1. The summed E-state index contributed by atoms with van der Waals surface area (Å²) in [6, 6.07) is 16.2. The predicted octanol–water partition coefficient (Wildman–Crippen LogP) is 4.68. The maximum absolute atomic E-state index is 11.9.